The van der Waals surface area contributed by atoms with Crippen molar-refractivity contribution in [1.82, 2.24) is 9.78 Å². The number of aromatic nitrogens is 2. The summed E-state index contributed by atoms with van der Waals surface area (Å²) >= 11 is 12.0. The van der Waals surface area contributed by atoms with E-state index in [-0.39, 0.29) is 31.8 Å². The third-order valence-electron chi connectivity index (χ3n) is 4.07. The molecule has 0 fully saturated rings. The highest BCUT2D eigenvalue weighted by Gasteiger charge is 2.40. The molecule has 0 radical (unpaired) electrons. The smallest absolute Gasteiger partial charge is 0.262 e. The Bertz CT molecular complexity index is 1150. The minimum absolute atomic E-state index is 0.0269. The fourth-order valence-corrected chi connectivity index (χ4v) is 3.99. The van der Waals surface area contributed by atoms with Crippen LogP contribution in [0.15, 0.2) is 47.4 Å². The summed E-state index contributed by atoms with van der Waals surface area (Å²) in [5.74, 6) is 0. The highest BCUT2D eigenvalue weighted by atomic mass is 35.5. The molecular formula is C18H13Cl2F3N2O2S. The molecule has 1 heterocycles. The summed E-state index contributed by atoms with van der Waals surface area (Å²) in [6.07, 6.45) is -3.64. The van der Waals surface area contributed by atoms with Crippen molar-refractivity contribution >= 4 is 33.0 Å². The summed E-state index contributed by atoms with van der Waals surface area (Å²) in [5, 5.41) is 4.36. The summed E-state index contributed by atoms with van der Waals surface area (Å²) in [7, 11) is -2.26. The standard InChI is InChI=1S/C18H13Cl2F3N2O2S/c1-25-17(18(21,22)23)15(13-8-5-11(19)9-14(13)20)16(24-25)10-3-6-12(7-4-10)28(2,26)27/h3-9H,1-2H3. The number of benzene rings is 2. The Morgan fingerprint density at radius 3 is 2.14 bits per heavy atom. The first kappa shape index (κ1) is 20.7. The van der Waals surface area contributed by atoms with Crippen LogP contribution < -0.4 is 0 Å². The van der Waals surface area contributed by atoms with Crippen LogP contribution in [-0.4, -0.2) is 24.5 Å². The van der Waals surface area contributed by atoms with E-state index < -0.39 is 21.7 Å². The van der Waals surface area contributed by atoms with E-state index in [2.05, 4.69) is 5.10 Å². The van der Waals surface area contributed by atoms with E-state index in [1.165, 1.54) is 49.5 Å². The summed E-state index contributed by atoms with van der Waals surface area (Å²) in [6, 6.07) is 9.64. The number of alkyl halides is 3. The van der Waals surface area contributed by atoms with Gasteiger partial charge in [0.15, 0.2) is 15.5 Å². The second-order valence-corrected chi connectivity index (χ2v) is 8.97. The monoisotopic (exact) mass is 448 g/mol. The van der Waals surface area contributed by atoms with Crippen LogP contribution in [-0.2, 0) is 23.1 Å². The van der Waals surface area contributed by atoms with E-state index >= 15 is 0 Å². The van der Waals surface area contributed by atoms with Crippen molar-refractivity contribution in [3.63, 3.8) is 0 Å². The molecule has 0 saturated heterocycles. The van der Waals surface area contributed by atoms with Gasteiger partial charge in [0.05, 0.1) is 9.92 Å². The molecule has 0 atom stereocenters. The van der Waals surface area contributed by atoms with Crippen LogP contribution in [0.25, 0.3) is 22.4 Å². The fourth-order valence-electron chi connectivity index (χ4n) is 2.86. The van der Waals surface area contributed by atoms with Gasteiger partial charge in [0.2, 0.25) is 0 Å². The molecule has 0 bridgehead atoms. The molecule has 148 valence electrons. The number of sulfone groups is 1. The third kappa shape index (κ3) is 3.90. The van der Waals surface area contributed by atoms with Gasteiger partial charge >= 0.3 is 6.18 Å². The van der Waals surface area contributed by atoms with E-state index in [0.717, 1.165) is 10.9 Å². The van der Waals surface area contributed by atoms with Gasteiger partial charge in [-0.05, 0) is 24.3 Å². The fraction of sp³-hybridized carbons (Fsp3) is 0.167. The predicted molar refractivity (Wildman–Crippen MR) is 102 cm³/mol. The van der Waals surface area contributed by atoms with Gasteiger partial charge < -0.3 is 0 Å². The molecule has 0 aliphatic carbocycles. The van der Waals surface area contributed by atoms with E-state index in [0.29, 0.717) is 5.56 Å². The lowest BCUT2D eigenvalue weighted by atomic mass is 9.98. The molecule has 2 aromatic carbocycles. The first-order valence-corrected chi connectivity index (χ1v) is 10.4. The van der Waals surface area contributed by atoms with Gasteiger partial charge in [-0.1, -0.05) is 41.4 Å². The molecule has 28 heavy (non-hydrogen) atoms. The van der Waals surface area contributed by atoms with Crippen molar-refractivity contribution in [3.05, 3.63) is 58.2 Å². The number of hydrogen-bond acceptors (Lipinski definition) is 3. The van der Waals surface area contributed by atoms with Gasteiger partial charge in [0.1, 0.15) is 5.69 Å². The second kappa shape index (κ2) is 7.09. The van der Waals surface area contributed by atoms with Crippen LogP contribution in [0, 0.1) is 0 Å². The van der Waals surface area contributed by atoms with E-state index in [1.54, 1.807) is 0 Å². The van der Waals surface area contributed by atoms with Crippen LogP contribution in [0.3, 0.4) is 0 Å². The molecule has 3 aromatic rings. The molecule has 0 N–H and O–H groups in total. The topological polar surface area (TPSA) is 52.0 Å². The summed E-state index contributed by atoms with van der Waals surface area (Å²) in [5.41, 5.74) is -0.713. The lowest BCUT2D eigenvalue weighted by molar-refractivity contribution is -0.143. The molecule has 0 aliphatic heterocycles. The Labute approximate surface area is 169 Å². The van der Waals surface area contributed by atoms with Crippen LogP contribution in [0.2, 0.25) is 10.0 Å². The van der Waals surface area contributed by atoms with E-state index in [1.807, 2.05) is 0 Å². The second-order valence-electron chi connectivity index (χ2n) is 6.11. The number of hydrogen-bond donors (Lipinski definition) is 0. The Morgan fingerprint density at radius 1 is 1.04 bits per heavy atom. The highest BCUT2D eigenvalue weighted by Crippen LogP contribution is 2.44. The molecule has 1 aromatic heterocycles. The maximum atomic E-state index is 13.7. The van der Waals surface area contributed by atoms with Gasteiger partial charge in [0, 0.05) is 35.0 Å². The molecule has 4 nitrogen and oxygen atoms in total. The lowest BCUT2D eigenvalue weighted by Gasteiger charge is -2.12. The van der Waals surface area contributed by atoms with Gasteiger partial charge in [-0.25, -0.2) is 8.42 Å². The predicted octanol–water partition coefficient (Wildman–Crippen LogP) is 5.48. The number of aryl methyl sites for hydroxylation is 1. The molecule has 10 heteroatoms. The summed E-state index contributed by atoms with van der Waals surface area (Å²) in [4.78, 5) is 0.0503. The minimum atomic E-state index is -4.69. The van der Waals surface area contributed by atoms with Crippen LogP contribution in [0.4, 0.5) is 13.2 Å². The highest BCUT2D eigenvalue weighted by molar-refractivity contribution is 7.90. The van der Waals surface area contributed by atoms with Crippen molar-refractivity contribution in [2.45, 2.75) is 11.1 Å². The Hall–Kier alpha value is -2.03. The van der Waals surface area contributed by atoms with Crippen molar-refractivity contribution in [3.8, 4) is 22.4 Å². The molecule has 0 saturated carbocycles. The third-order valence-corrected chi connectivity index (χ3v) is 5.75. The Morgan fingerprint density at radius 2 is 1.64 bits per heavy atom. The average molecular weight is 449 g/mol. The maximum Gasteiger partial charge on any atom is 0.433 e. The first-order valence-electron chi connectivity index (χ1n) is 7.79. The molecular weight excluding hydrogens is 436 g/mol. The number of halogens is 5. The van der Waals surface area contributed by atoms with Crippen molar-refractivity contribution < 1.29 is 21.6 Å². The normalized spacial score (nSPS) is 12.4. The zero-order chi connectivity index (χ0) is 20.9. The largest absolute Gasteiger partial charge is 0.433 e. The van der Waals surface area contributed by atoms with Gasteiger partial charge in [-0.2, -0.15) is 18.3 Å². The van der Waals surface area contributed by atoms with Gasteiger partial charge in [-0.3, -0.25) is 4.68 Å². The number of nitrogens with zero attached hydrogens (tertiary/aromatic N) is 2. The molecule has 0 aliphatic rings. The zero-order valence-corrected chi connectivity index (χ0v) is 16.9. The number of rotatable bonds is 3. The Kier molecular flexibility index (Phi) is 5.24. The molecule has 0 spiro atoms. The van der Waals surface area contributed by atoms with Crippen LogP contribution >= 0.6 is 23.2 Å². The van der Waals surface area contributed by atoms with Crippen molar-refractivity contribution in [2.75, 3.05) is 6.26 Å². The molecule has 3 rings (SSSR count). The average Bonchev–Trinajstić information content (AvgIpc) is 2.91. The van der Waals surface area contributed by atoms with Crippen LogP contribution in [0.1, 0.15) is 5.69 Å². The Balaban J connectivity index is 2.31. The maximum absolute atomic E-state index is 13.7. The van der Waals surface area contributed by atoms with Gasteiger partial charge in [0.25, 0.3) is 0 Å². The van der Waals surface area contributed by atoms with Crippen molar-refractivity contribution in [2.24, 2.45) is 7.05 Å². The van der Waals surface area contributed by atoms with E-state index in [9.17, 15) is 21.6 Å². The SMILES string of the molecule is Cn1nc(-c2ccc(S(C)(=O)=O)cc2)c(-c2ccc(Cl)cc2Cl)c1C(F)(F)F. The van der Waals surface area contributed by atoms with Crippen molar-refractivity contribution in [1.29, 1.82) is 0 Å². The van der Waals surface area contributed by atoms with Crippen LogP contribution in [0.5, 0.6) is 0 Å². The minimum Gasteiger partial charge on any atom is -0.262 e. The van der Waals surface area contributed by atoms with E-state index in [4.69, 9.17) is 23.2 Å². The molecule has 0 amide bonds. The quantitative estimate of drug-likeness (QED) is 0.532. The summed E-state index contributed by atoms with van der Waals surface area (Å²) in [6.45, 7) is 0. The summed E-state index contributed by atoms with van der Waals surface area (Å²) < 4.78 is 65.2. The van der Waals surface area contributed by atoms with Gasteiger partial charge in [-0.15, -0.1) is 0 Å². The zero-order valence-electron chi connectivity index (χ0n) is 14.6. The molecule has 0 unspecified atom stereocenters. The first-order chi connectivity index (χ1) is 12.9. The lowest BCUT2D eigenvalue weighted by Crippen LogP contribution is -2.13.